The highest BCUT2D eigenvalue weighted by molar-refractivity contribution is 5.95. The Morgan fingerprint density at radius 3 is 2.54 bits per heavy atom. The van der Waals surface area contributed by atoms with Gasteiger partial charge in [-0.1, -0.05) is 30.3 Å². The predicted molar refractivity (Wildman–Crippen MR) is 104 cm³/mol. The number of carbonyl (C=O) groups is 1. The molecule has 0 atom stereocenters. The van der Waals surface area contributed by atoms with Crippen molar-refractivity contribution in [3.63, 3.8) is 0 Å². The third-order valence-electron chi connectivity index (χ3n) is 5.16. The SMILES string of the molecule is O=C1CCc2cccc(OCCN3CCN(c4ccccc4)CC3)c2N1. The number of ether oxygens (including phenoxy) is 1. The van der Waals surface area contributed by atoms with Gasteiger partial charge < -0.3 is 15.0 Å². The molecule has 1 saturated heterocycles. The first kappa shape index (κ1) is 16.9. The summed E-state index contributed by atoms with van der Waals surface area (Å²) in [5.41, 5.74) is 3.33. The Kier molecular flexibility index (Phi) is 5.07. The van der Waals surface area contributed by atoms with Gasteiger partial charge in [-0.05, 0) is 30.2 Å². The summed E-state index contributed by atoms with van der Waals surface area (Å²) in [6.07, 6.45) is 1.35. The molecule has 0 aliphatic carbocycles. The number of para-hydroxylation sites is 2. The molecule has 4 rings (SSSR count). The highest BCUT2D eigenvalue weighted by Gasteiger charge is 2.19. The lowest BCUT2D eigenvalue weighted by Gasteiger charge is -2.36. The molecule has 0 spiro atoms. The third kappa shape index (κ3) is 3.83. The number of nitrogens with one attached hydrogen (secondary N) is 1. The van der Waals surface area contributed by atoms with E-state index in [0.717, 1.165) is 50.6 Å². The number of hydrogen-bond acceptors (Lipinski definition) is 4. The normalized spacial score (nSPS) is 17.5. The third-order valence-corrected chi connectivity index (χ3v) is 5.16. The Bertz CT molecular complexity index is 755. The molecule has 0 saturated carbocycles. The summed E-state index contributed by atoms with van der Waals surface area (Å²) in [5, 5.41) is 2.96. The van der Waals surface area contributed by atoms with Crippen LogP contribution in [0.3, 0.4) is 0 Å². The Hall–Kier alpha value is -2.53. The van der Waals surface area contributed by atoms with Crippen LogP contribution < -0.4 is 15.0 Å². The van der Waals surface area contributed by atoms with Crippen molar-refractivity contribution in [3.05, 3.63) is 54.1 Å². The van der Waals surface area contributed by atoms with E-state index >= 15 is 0 Å². The van der Waals surface area contributed by atoms with Crippen molar-refractivity contribution in [3.8, 4) is 5.75 Å². The Labute approximate surface area is 154 Å². The average Bonchev–Trinajstić information content (AvgIpc) is 2.69. The van der Waals surface area contributed by atoms with Gasteiger partial charge >= 0.3 is 0 Å². The van der Waals surface area contributed by atoms with Gasteiger partial charge in [0.05, 0.1) is 5.69 Å². The highest BCUT2D eigenvalue weighted by Crippen LogP contribution is 2.32. The van der Waals surface area contributed by atoms with Crippen LogP contribution in [0.2, 0.25) is 0 Å². The van der Waals surface area contributed by atoms with E-state index < -0.39 is 0 Å². The van der Waals surface area contributed by atoms with E-state index in [1.54, 1.807) is 0 Å². The number of benzene rings is 2. The summed E-state index contributed by atoms with van der Waals surface area (Å²) in [5.74, 6) is 0.865. The molecule has 2 aromatic carbocycles. The second-order valence-electron chi connectivity index (χ2n) is 6.85. The van der Waals surface area contributed by atoms with E-state index in [-0.39, 0.29) is 5.91 Å². The lowest BCUT2D eigenvalue weighted by atomic mass is 10.0. The second-order valence-corrected chi connectivity index (χ2v) is 6.85. The number of rotatable bonds is 5. The maximum Gasteiger partial charge on any atom is 0.224 e. The number of nitrogens with zero attached hydrogens (tertiary/aromatic N) is 2. The molecule has 1 N–H and O–H groups in total. The molecule has 2 heterocycles. The van der Waals surface area contributed by atoms with Crippen molar-refractivity contribution in [1.82, 2.24) is 4.90 Å². The van der Waals surface area contributed by atoms with Crippen molar-refractivity contribution < 1.29 is 9.53 Å². The monoisotopic (exact) mass is 351 g/mol. The zero-order valence-corrected chi connectivity index (χ0v) is 15.0. The van der Waals surface area contributed by atoms with E-state index in [4.69, 9.17) is 4.74 Å². The molecule has 1 fully saturated rings. The lowest BCUT2D eigenvalue weighted by molar-refractivity contribution is -0.116. The summed E-state index contributed by atoms with van der Waals surface area (Å²) in [6.45, 7) is 5.71. The molecule has 0 radical (unpaired) electrons. The maximum atomic E-state index is 11.7. The van der Waals surface area contributed by atoms with Gasteiger partial charge in [-0.15, -0.1) is 0 Å². The highest BCUT2D eigenvalue weighted by atomic mass is 16.5. The van der Waals surface area contributed by atoms with Gasteiger partial charge in [-0.3, -0.25) is 9.69 Å². The minimum absolute atomic E-state index is 0.0746. The van der Waals surface area contributed by atoms with E-state index in [1.807, 2.05) is 12.1 Å². The van der Waals surface area contributed by atoms with Gasteiger partial charge in [0.15, 0.2) is 0 Å². The van der Waals surface area contributed by atoms with Gasteiger partial charge in [0.1, 0.15) is 12.4 Å². The molecule has 1 amide bonds. The van der Waals surface area contributed by atoms with Crippen molar-refractivity contribution in [2.24, 2.45) is 0 Å². The molecule has 136 valence electrons. The summed E-state index contributed by atoms with van der Waals surface area (Å²) >= 11 is 0. The van der Waals surface area contributed by atoms with Crippen LogP contribution >= 0.6 is 0 Å². The molecular formula is C21H25N3O2. The first-order valence-electron chi connectivity index (χ1n) is 9.36. The molecule has 26 heavy (non-hydrogen) atoms. The Morgan fingerprint density at radius 1 is 0.923 bits per heavy atom. The van der Waals surface area contributed by atoms with Crippen molar-refractivity contribution in [2.75, 3.05) is 49.5 Å². The number of carbonyl (C=O) groups excluding carboxylic acids is 1. The smallest absolute Gasteiger partial charge is 0.224 e. The standard InChI is InChI=1S/C21H25N3O2/c25-20-10-9-17-5-4-8-19(21(17)22-20)26-16-15-23-11-13-24(14-12-23)18-6-2-1-3-7-18/h1-8H,9-16H2,(H,22,25). The first-order chi connectivity index (χ1) is 12.8. The summed E-state index contributed by atoms with van der Waals surface area (Å²) < 4.78 is 6.00. The van der Waals surface area contributed by atoms with Crippen LogP contribution in [0.4, 0.5) is 11.4 Å². The van der Waals surface area contributed by atoms with E-state index in [1.165, 1.54) is 11.3 Å². The first-order valence-corrected chi connectivity index (χ1v) is 9.36. The van der Waals surface area contributed by atoms with E-state index in [2.05, 4.69) is 51.5 Å². The summed E-state index contributed by atoms with van der Waals surface area (Å²) in [6, 6.07) is 16.6. The minimum atomic E-state index is 0.0746. The zero-order valence-electron chi connectivity index (χ0n) is 15.0. The molecule has 5 heteroatoms. The fourth-order valence-corrected chi connectivity index (χ4v) is 3.65. The summed E-state index contributed by atoms with van der Waals surface area (Å²) in [4.78, 5) is 16.5. The molecule has 2 aliphatic rings. The fraction of sp³-hybridized carbons (Fsp3) is 0.381. The summed E-state index contributed by atoms with van der Waals surface area (Å²) in [7, 11) is 0. The fourth-order valence-electron chi connectivity index (χ4n) is 3.65. The van der Waals surface area contributed by atoms with Crippen LogP contribution in [0.15, 0.2) is 48.5 Å². The molecule has 0 unspecified atom stereocenters. The second kappa shape index (κ2) is 7.79. The number of fused-ring (bicyclic) bond motifs is 1. The molecule has 0 aromatic heterocycles. The number of anilines is 2. The Balaban J connectivity index is 1.27. The van der Waals surface area contributed by atoms with Crippen LogP contribution in [0, 0.1) is 0 Å². The molecule has 0 bridgehead atoms. The molecule has 2 aromatic rings. The van der Waals surface area contributed by atoms with Crippen LogP contribution in [0.5, 0.6) is 5.75 Å². The minimum Gasteiger partial charge on any atom is -0.490 e. The van der Waals surface area contributed by atoms with Gasteiger partial charge in [-0.2, -0.15) is 0 Å². The topological polar surface area (TPSA) is 44.8 Å². The average molecular weight is 351 g/mol. The van der Waals surface area contributed by atoms with Crippen molar-refractivity contribution in [2.45, 2.75) is 12.8 Å². The molecule has 2 aliphatic heterocycles. The molecular weight excluding hydrogens is 326 g/mol. The van der Waals surface area contributed by atoms with Gasteiger partial charge in [-0.25, -0.2) is 0 Å². The van der Waals surface area contributed by atoms with Gasteiger partial charge in [0.2, 0.25) is 5.91 Å². The zero-order chi connectivity index (χ0) is 17.8. The van der Waals surface area contributed by atoms with Crippen LogP contribution in [-0.4, -0.2) is 50.1 Å². The van der Waals surface area contributed by atoms with Crippen molar-refractivity contribution in [1.29, 1.82) is 0 Å². The number of hydrogen-bond donors (Lipinski definition) is 1. The van der Waals surface area contributed by atoms with E-state index in [9.17, 15) is 4.79 Å². The quantitative estimate of drug-likeness (QED) is 0.900. The van der Waals surface area contributed by atoms with Gasteiger partial charge in [0.25, 0.3) is 0 Å². The molecule has 5 nitrogen and oxygen atoms in total. The van der Waals surface area contributed by atoms with Gasteiger partial charge in [0, 0.05) is 44.8 Å². The van der Waals surface area contributed by atoms with Crippen LogP contribution in [-0.2, 0) is 11.2 Å². The maximum absolute atomic E-state index is 11.7. The largest absolute Gasteiger partial charge is 0.490 e. The van der Waals surface area contributed by atoms with Crippen molar-refractivity contribution >= 4 is 17.3 Å². The number of piperazine rings is 1. The Morgan fingerprint density at radius 2 is 1.73 bits per heavy atom. The lowest BCUT2D eigenvalue weighted by Crippen LogP contribution is -2.47. The van der Waals surface area contributed by atoms with Crippen LogP contribution in [0.25, 0.3) is 0 Å². The van der Waals surface area contributed by atoms with E-state index in [0.29, 0.717) is 13.0 Å². The number of amides is 1. The predicted octanol–water partition coefficient (Wildman–Crippen LogP) is 2.77. The number of aryl methyl sites for hydroxylation is 1. The van der Waals surface area contributed by atoms with Crippen LogP contribution in [0.1, 0.15) is 12.0 Å².